The number of hydrogen-bond acceptors (Lipinski definition) is 4. The molecule has 0 spiro atoms. The van der Waals surface area contributed by atoms with Gasteiger partial charge in [0, 0.05) is 33.9 Å². The number of amides is 1. The largest absolute Gasteiger partial charge is 0.389 e. The Hall–Kier alpha value is -2.68. The van der Waals surface area contributed by atoms with E-state index in [4.69, 9.17) is 9.72 Å². The molecular weight excluding hydrogens is 644 g/mol. The SMILES string of the molecule is C[C@@H](NC(=O)CCC(F)(F)F)c1ccc2nc([C@@H](NS(=O)c3ccccc3)C3CCC(F)(F)CC3)n(COCC[Si](C)(C)C)c2c1. The van der Waals surface area contributed by atoms with E-state index in [2.05, 4.69) is 29.7 Å². The molecule has 2 N–H and O–H groups in total. The quantitative estimate of drug-likeness (QED) is 0.102. The van der Waals surface area contributed by atoms with Gasteiger partial charge in [-0.2, -0.15) is 13.2 Å². The molecule has 0 bridgehead atoms. The lowest BCUT2D eigenvalue weighted by molar-refractivity contribution is -0.144. The van der Waals surface area contributed by atoms with Crippen molar-refractivity contribution in [3.05, 3.63) is 59.9 Å². The number of alkyl halides is 5. The first-order chi connectivity index (χ1) is 21.5. The van der Waals surface area contributed by atoms with E-state index in [-0.39, 0.29) is 38.3 Å². The van der Waals surface area contributed by atoms with Gasteiger partial charge in [0.1, 0.15) is 23.5 Å². The third kappa shape index (κ3) is 10.4. The highest BCUT2D eigenvalue weighted by atomic mass is 32.2. The second-order valence-corrected chi connectivity index (χ2v) is 20.1. The lowest BCUT2D eigenvalue weighted by atomic mass is 9.82. The van der Waals surface area contributed by atoms with Gasteiger partial charge in [-0.05, 0) is 61.6 Å². The van der Waals surface area contributed by atoms with Crippen LogP contribution in [0.2, 0.25) is 25.7 Å². The van der Waals surface area contributed by atoms with Gasteiger partial charge in [-0.1, -0.05) is 43.9 Å². The summed E-state index contributed by atoms with van der Waals surface area (Å²) in [5.74, 6) is -3.25. The van der Waals surface area contributed by atoms with E-state index in [0.29, 0.717) is 33.9 Å². The Morgan fingerprint density at radius 2 is 1.80 bits per heavy atom. The number of halogens is 5. The number of rotatable bonds is 14. The standard InChI is InChI=1S/C32H43F5N4O3SSi/c1-22(38-28(42)14-17-32(35,36)37)24-10-11-26-27(20-24)41(21-44-18-19-46(2,3)4)30(39-26)29(23-12-15-31(33,34)16-13-23)40-45(43)25-8-6-5-7-9-25/h5-11,20,22-23,29,40H,12-19,21H2,1-4H3,(H,38,42)/t22-,29+,45?/m1/s1. The fraction of sp³-hybridized carbons (Fsp3) is 0.562. The summed E-state index contributed by atoms with van der Waals surface area (Å²) in [4.78, 5) is 17.7. The van der Waals surface area contributed by atoms with Crippen molar-refractivity contribution < 1.29 is 35.7 Å². The number of fused-ring (bicyclic) bond motifs is 1. The normalized spacial score (nSPS) is 17.9. The molecule has 3 atom stereocenters. The molecule has 1 aromatic heterocycles. The van der Waals surface area contributed by atoms with Crippen LogP contribution in [-0.4, -0.2) is 46.4 Å². The molecule has 4 rings (SSSR count). The monoisotopic (exact) mass is 686 g/mol. The Bertz CT molecular complexity index is 1490. The molecule has 1 aliphatic carbocycles. The van der Waals surface area contributed by atoms with E-state index in [0.717, 1.165) is 6.04 Å². The maximum absolute atomic E-state index is 14.2. The first-order valence-corrected chi connectivity index (χ1v) is 20.4. The summed E-state index contributed by atoms with van der Waals surface area (Å²) in [5.41, 5.74) is 1.88. The minimum Gasteiger partial charge on any atom is -0.361 e. The molecule has 3 aromatic rings. The number of carbonyl (C=O) groups excluding carboxylic acids is 1. The van der Waals surface area contributed by atoms with Crippen LogP contribution >= 0.6 is 0 Å². The molecule has 0 aliphatic heterocycles. The van der Waals surface area contributed by atoms with Crippen LogP contribution in [0, 0.1) is 5.92 Å². The molecule has 1 saturated carbocycles. The van der Waals surface area contributed by atoms with Crippen LogP contribution in [0.1, 0.15) is 68.9 Å². The van der Waals surface area contributed by atoms with Gasteiger partial charge in [0.25, 0.3) is 0 Å². The summed E-state index contributed by atoms with van der Waals surface area (Å²) >= 11 is 0. The van der Waals surface area contributed by atoms with Gasteiger partial charge in [0.05, 0.1) is 34.4 Å². The van der Waals surface area contributed by atoms with Gasteiger partial charge < -0.3 is 14.6 Å². The number of hydrogen-bond donors (Lipinski definition) is 2. The van der Waals surface area contributed by atoms with Crippen molar-refractivity contribution in [3.63, 3.8) is 0 Å². The number of imidazole rings is 1. The highest BCUT2D eigenvalue weighted by Crippen LogP contribution is 2.42. The maximum atomic E-state index is 14.2. The van der Waals surface area contributed by atoms with Crippen molar-refractivity contribution >= 4 is 36.0 Å². The summed E-state index contributed by atoms with van der Waals surface area (Å²) in [6, 6.07) is 13.8. The number of aromatic nitrogens is 2. The molecule has 1 fully saturated rings. The minimum absolute atomic E-state index is 0.102. The highest BCUT2D eigenvalue weighted by Gasteiger charge is 2.40. The Kier molecular flexibility index (Phi) is 11.8. The van der Waals surface area contributed by atoms with Gasteiger partial charge in [-0.3, -0.25) is 4.79 Å². The number of benzene rings is 2. The average Bonchev–Trinajstić information content (AvgIpc) is 3.34. The lowest BCUT2D eigenvalue weighted by Crippen LogP contribution is -2.36. The van der Waals surface area contributed by atoms with Crippen molar-refractivity contribution in [3.8, 4) is 0 Å². The van der Waals surface area contributed by atoms with E-state index in [9.17, 15) is 31.0 Å². The maximum Gasteiger partial charge on any atom is 0.389 e. The van der Waals surface area contributed by atoms with Crippen LogP contribution < -0.4 is 10.0 Å². The van der Waals surface area contributed by atoms with Gasteiger partial charge in [0.2, 0.25) is 11.8 Å². The first kappa shape index (κ1) is 36.2. The summed E-state index contributed by atoms with van der Waals surface area (Å²) < 4.78 is 91.1. The van der Waals surface area contributed by atoms with Crippen molar-refractivity contribution in [2.75, 3.05) is 6.61 Å². The Balaban J connectivity index is 1.70. The smallest absolute Gasteiger partial charge is 0.361 e. The van der Waals surface area contributed by atoms with Crippen LogP contribution in [0.3, 0.4) is 0 Å². The predicted octanol–water partition coefficient (Wildman–Crippen LogP) is 8.05. The lowest BCUT2D eigenvalue weighted by Gasteiger charge is -2.34. The molecule has 14 heteroatoms. The summed E-state index contributed by atoms with van der Waals surface area (Å²) in [5, 5.41) is 2.64. The van der Waals surface area contributed by atoms with Gasteiger partial charge in [-0.15, -0.1) is 0 Å². The summed E-state index contributed by atoms with van der Waals surface area (Å²) in [6.45, 7) is 9.01. The fourth-order valence-electron chi connectivity index (χ4n) is 5.47. The molecular formula is C32H43F5N4O3SSi. The topological polar surface area (TPSA) is 85.3 Å². The van der Waals surface area contributed by atoms with E-state index < -0.39 is 62.0 Å². The van der Waals surface area contributed by atoms with E-state index >= 15 is 0 Å². The zero-order chi connectivity index (χ0) is 33.7. The van der Waals surface area contributed by atoms with Gasteiger partial charge in [-0.25, -0.2) is 22.7 Å². The van der Waals surface area contributed by atoms with Crippen LogP contribution in [0.5, 0.6) is 0 Å². The van der Waals surface area contributed by atoms with E-state index in [1.54, 1.807) is 43.3 Å². The van der Waals surface area contributed by atoms with Crippen molar-refractivity contribution in [2.45, 2.75) is 107 Å². The van der Waals surface area contributed by atoms with Crippen LogP contribution in [0.4, 0.5) is 22.0 Å². The Morgan fingerprint density at radius 3 is 2.43 bits per heavy atom. The first-order valence-electron chi connectivity index (χ1n) is 15.6. The number of carbonyl (C=O) groups is 1. The van der Waals surface area contributed by atoms with Gasteiger partial charge in [0.15, 0.2) is 0 Å². The molecule has 0 radical (unpaired) electrons. The third-order valence-corrected chi connectivity index (χ3v) is 11.1. The van der Waals surface area contributed by atoms with E-state index in [1.165, 1.54) is 0 Å². The molecule has 46 heavy (non-hydrogen) atoms. The minimum atomic E-state index is -4.43. The van der Waals surface area contributed by atoms with Crippen LogP contribution in [0.25, 0.3) is 11.0 Å². The molecule has 2 aromatic carbocycles. The third-order valence-electron chi connectivity index (χ3n) is 8.23. The molecule has 0 saturated heterocycles. The van der Waals surface area contributed by atoms with Crippen LogP contribution in [0.15, 0.2) is 53.4 Å². The summed E-state index contributed by atoms with van der Waals surface area (Å²) in [6.07, 6.45) is -6.45. The molecule has 1 aliphatic rings. The Labute approximate surface area is 270 Å². The van der Waals surface area contributed by atoms with E-state index in [1.807, 2.05) is 16.7 Å². The predicted molar refractivity (Wildman–Crippen MR) is 171 cm³/mol. The fourth-order valence-corrected chi connectivity index (χ4v) is 7.30. The molecule has 1 amide bonds. The number of nitrogens with zero attached hydrogens (tertiary/aromatic N) is 2. The number of ether oxygens (including phenoxy) is 1. The number of nitrogens with one attached hydrogen (secondary N) is 2. The Morgan fingerprint density at radius 1 is 1.13 bits per heavy atom. The van der Waals surface area contributed by atoms with Crippen LogP contribution in [-0.2, 0) is 27.2 Å². The van der Waals surface area contributed by atoms with Crippen molar-refractivity contribution in [2.24, 2.45) is 5.92 Å². The molecule has 7 nitrogen and oxygen atoms in total. The molecule has 1 heterocycles. The van der Waals surface area contributed by atoms with Crippen molar-refractivity contribution in [1.29, 1.82) is 0 Å². The summed E-state index contributed by atoms with van der Waals surface area (Å²) in [7, 11) is -3.08. The zero-order valence-corrected chi connectivity index (χ0v) is 28.4. The highest BCUT2D eigenvalue weighted by molar-refractivity contribution is 7.83. The second kappa shape index (κ2) is 15.0. The van der Waals surface area contributed by atoms with Gasteiger partial charge >= 0.3 is 6.18 Å². The zero-order valence-electron chi connectivity index (χ0n) is 26.6. The average molecular weight is 687 g/mol. The second-order valence-electron chi connectivity index (χ2n) is 13.3. The molecule has 254 valence electrons. The molecule has 1 unspecified atom stereocenters. The van der Waals surface area contributed by atoms with Crippen molar-refractivity contribution in [1.82, 2.24) is 19.6 Å².